The van der Waals surface area contributed by atoms with E-state index >= 15 is 0 Å². The highest BCUT2D eigenvalue weighted by Gasteiger charge is 2.30. The van der Waals surface area contributed by atoms with Crippen LogP contribution < -0.4 is 0 Å². The molecule has 0 aromatic heterocycles. The summed E-state index contributed by atoms with van der Waals surface area (Å²) in [5, 5.41) is 10.6. The average molecular weight is 1450 g/mol. The highest BCUT2D eigenvalue weighted by atomic mass is 31.2. The predicted molar refractivity (Wildman–Crippen MR) is 405 cm³/mol. The third-order valence-electron chi connectivity index (χ3n) is 18.8. The van der Waals surface area contributed by atoms with E-state index in [4.69, 9.17) is 37.0 Å². The smallest absolute Gasteiger partial charge is 0.462 e. The summed E-state index contributed by atoms with van der Waals surface area (Å²) in [5.41, 5.74) is 0. The van der Waals surface area contributed by atoms with Crippen LogP contribution in [0.1, 0.15) is 426 Å². The van der Waals surface area contributed by atoms with E-state index < -0.39 is 97.5 Å². The first-order valence-corrected chi connectivity index (χ1v) is 44.6. The fourth-order valence-electron chi connectivity index (χ4n) is 12.4. The van der Waals surface area contributed by atoms with Gasteiger partial charge in [0.2, 0.25) is 0 Å². The SMILES string of the molecule is CCCCCCCCCCCCCCCCCCCCCCC(=O)O[C@H](COC(=O)CCCCCCCCCCCCCCCCCC)COP(=O)(O)OC[C@@H](O)COP(=O)(O)OC[C@@H](COC(=O)CCCCCCCCCCC(C)C)OC(=O)CCCCCCCCCCCCCC. The van der Waals surface area contributed by atoms with E-state index in [1.54, 1.807) is 0 Å². The van der Waals surface area contributed by atoms with Gasteiger partial charge in [0, 0.05) is 25.7 Å². The Morgan fingerprint density at radius 3 is 0.687 bits per heavy atom. The molecule has 0 aliphatic rings. The minimum absolute atomic E-state index is 0.107. The molecule has 0 amide bonds. The van der Waals surface area contributed by atoms with E-state index in [2.05, 4.69) is 34.6 Å². The highest BCUT2D eigenvalue weighted by molar-refractivity contribution is 7.47. The Labute approximate surface area is 607 Å². The molecule has 19 heteroatoms. The van der Waals surface area contributed by atoms with Crippen LogP contribution in [0, 0.1) is 5.92 Å². The summed E-state index contributed by atoms with van der Waals surface area (Å²) in [6.07, 6.45) is 63.9. The van der Waals surface area contributed by atoms with Crippen molar-refractivity contribution < 1.29 is 80.2 Å². The molecule has 0 aliphatic carbocycles. The lowest BCUT2D eigenvalue weighted by Gasteiger charge is -2.21. The van der Waals surface area contributed by atoms with Gasteiger partial charge in [0.05, 0.1) is 26.4 Å². The summed E-state index contributed by atoms with van der Waals surface area (Å²) in [6.45, 7) is 7.29. The molecule has 17 nitrogen and oxygen atoms in total. The zero-order valence-electron chi connectivity index (χ0n) is 64.6. The standard InChI is InChI=1S/C80H156O17P2/c1-6-9-12-15-18-21-24-27-29-31-32-33-34-36-38-41-44-51-56-61-66-80(85)96-75(69-90-77(82)63-58-53-48-42-40-37-35-30-28-25-22-19-16-13-10-7-2)71-94-98(86,87)92-67-74(81)68-93-99(88,89)95-72-76(70-91-78(83)64-59-54-49-46-45-47-52-57-62-73(4)5)97-79(84)65-60-55-50-43-39-26-23-20-17-14-11-8-3/h73-76,81H,6-72H2,1-5H3,(H,86,87)(H,88,89)/t74-,75-,76-/m1/s1. The molecule has 0 fully saturated rings. The third kappa shape index (κ3) is 74.1. The zero-order valence-corrected chi connectivity index (χ0v) is 66.4. The maximum Gasteiger partial charge on any atom is 0.472 e. The van der Waals surface area contributed by atoms with Crippen molar-refractivity contribution in [1.82, 2.24) is 0 Å². The first kappa shape index (κ1) is 97.1. The van der Waals surface area contributed by atoms with Crippen molar-refractivity contribution in [3.05, 3.63) is 0 Å². The maximum atomic E-state index is 13.1. The zero-order chi connectivity index (χ0) is 72.7. The summed E-state index contributed by atoms with van der Waals surface area (Å²) in [4.78, 5) is 73.0. The average Bonchev–Trinajstić information content (AvgIpc) is 1.03. The van der Waals surface area contributed by atoms with Gasteiger partial charge in [0.25, 0.3) is 0 Å². The van der Waals surface area contributed by atoms with E-state index in [0.717, 1.165) is 95.8 Å². The Morgan fingerprint density at radius 1 is 0.273 bits per heavy atom. The number of unbranched alkanes of at least 4 members (excludes halogenated alkanes) is 52. The van der Waals surface area contributed by atoms with E-state index in [-0.39, 0.29) is 25.7 Å². The second kappa shape index (κ2) is 73.0. The fourth-order valence-corrected chi connectivity index (χ4v) is 14.0. The Bertz CT molecular complexity index is 1890. The number of rotatable bonds is 80. The first-order valence-electron chi connectivity index (χ1n) is 41.6. The van der Waals surface area contributed by atoms with Crippen molar-refractivity contribution >= 4 is 39.5 Å². The molecule has 2 unspecified atom stereocenters. The van der Waals surface area contributed by atoms with E-state index in [0.29, 0.717) is 25.7 Å². The van der Waals surface area contributed by atoms with Gasteiger partial charge in [0.15, 0.2) is 12.2 Å². The van der Waals surface area contributed by atoms with Crippen LogP contribution in [0.5, 0.6) is 0 Å². The molecule has 588 valence electrons. The molecule has 0 saturated carbocycles. The van der Waals surface area contributed by atoms with Crippen LogP contribution in [0.4, 0.5) is 0 Å². The number of ether oxygens (including phenoxy) is 4. The number of carbonyl (C=O) groups excluding carboxylic acids is 4. The van der Waals surface area contributed by atoms with Gasteiger partial charge < -0.3 is 33.8 Å². The van der Waals surface area contributed by atoms with Crippen LogP contribution in [0.3, 0.4) is 0 Å². The number of carbonyl (C=O) groups is 4. The van der Waals surface area contributed by atoms with Crippen LogP contribution >= 0.6 is 15.6 Å². The van der Waals surface area contributed by atoms with Crippen LogP contribution in [-0.2, 0) is 65.4 Å². The van der Waals surface area contributed by atoms with E-state index in [1.165, 1.54) is 250 Å². The Morgan fingerprint density at radius 2 is 0.465 bits per heavy atom. The van der Waals surface area contributed by atoms with Gasteiger partial charge in [-0.25, -0.2) is 9.13 Å². The van der Waals surface area contributed by atoms with Gasteiger partial charge in [-0.3, -0.25) is 37.3 Å². The second-order valence-electron chi connectivity index (χ2n) is 29.3. The van der Waals surface area contributed by atoms with Gasteiger partial charge in [-0.2, -0.15) is 0 Å². The maximum absolute atomic E-state index is 13.1. The van der Waals surface area contributed by atoms with Crippen molar-refractivity contribution in [2.75, 3.05) is 39.6 Å². The lowest BCUT2D eigenvalue weighted by atomic mass is 10.0. The van der Waals surface area contributed by atoms with Crippen molar-refractivity contribution in [3.63, 3.8) is 0 Å². The van der Waals surface area contributed by atoms with Crippen LogP contribution in [0.25, 0.3) is 0 Å². The lowest BCUT2D eigenvalue weighted by Crippen LogP contribution is -2.30. The number of phosphoric ester groups is 2. The highest BCUT2D eigenvalue weighted by Crippen LogP contribution is 2.45. The Balaban J connectivity index is 5.23. The molecular weight excluding hydrogens is 1290 g/mol. The molecule has 3 N–H and O–H groups in total. The number of hydrogen-bond donors (Lipinski definition) is 3. The molecule has 0 radical (unpaired) electrons. The summed E-state index contributed by atoms with van der Waals surface area (Å²) in [7, 11) is -9.92. The minimum atomic E-state index is -4.96. The van der Waals surface area contributed by atoms with Crippen LogP contribution in [0.2, 0.25) is 0 Å². The predicted octanol–water partition coefficient (Wildman–Crippen LogP) is 24.0. The molecule has 0 heterocycles. The normalized spacial score (nSPS) is 13.9. The van der Waals surface area contributed by atoms with Gasteiger partial charge >= 0.3 is 39.5 Å². The van der Waals surface area contributed by atoms with Crippen LogP contribution in [0.15, 0.2) is 0 Å². The molecule has 5 atom stereocenters. The number of esters is 4. The summed E-state index contributed by atoms with van der Waals surface area (Å²) >= 11 is 0. The number of hydrogen-bond acceptors (Lipinski definition) is 15. The largest absolute Gasteiger partial charge is 0.472 e. The molecule has 0 aliphatic heterocycles. The Kier molecular flexibility index (Phi) is 71.6. The summed E-state index contributed by atoms with van der Waals surface area (Å²) < 4.78 is 68.7. The van der Waals surface area contributed by atoms with Gasteiger partial charge in [-0.05, 0) is 31.6 Å². The third-order valence-corrected chi connectivity index (χ3v) is 20.7. The van der Waals surface area contributed by atoms with Crippen LogP contribution in [-0.4, -0.2) is 96.7 Å². The lowest BCUT2D eigenvalue weighted by molar-refractivity contribution is -0.161. The van der Waals surface area contributed by atoms with Gasteiger partial charge in [0.1, 0.15) is 19.3 Å². The van der Waals surface area contributed by atoms with Crippen molar-refractivity contribution in [2.45, 2.75) is 445 Å². The molecule has 0 spiro atoms. The van der Waals surface area contributed by atoms with Gasteiger partial charge in [-0.1, -0.05) is 375 Å². The quantitative estimate of drug-likeness (QED) is 0.0222. The van der Waals surface area contributed by atoms with Crippen molar-refractivity contribution in [3.8, 4) is 0 Å². The molecule has 0 saturated heterocycles. The first-order chi connectivity index (χ1) is 48.0. The molecule has 0 aromatic carbocycles. The van der Waals surface area contributed by atoms with E-state index in [9.17, 15) is 43.2 Å². The fraction of sp³-hybridized carbons (Fsp3) is 0.950. The monoisotopic (exact) mass is 1450 g/mol. The number of phosphoric acid groups is 2. The molecule has 0 rings (SSSR count). The Hall–Kier alpha value is -1.94. The summed E-state index contributed by atoms with van der Waals surface area (Å²) in [5.74, 6) is -1.38. The van der Waals surface area contributed by atoms with Crippen molar-refractivity contribution in [1.29, 1.82) is 0 Å². The summed E-state index contributed by atoms with van der Waals surface area (Å²) in [6, 6.07) is 0. The molecule has 0 bridgehead atoms. The second-order valence-corrected chi connectivity index (χ2v) is 32.2. The van der Waals surface area contributed by atoms with Crippen molar-refractivity contribution in [2.24, 2.45) is 5.92 Å². The van der Waals surface area contributed by atoms with Gasteiger partial charge in [-0.15, -0.1) is 0 Å². The molecule has 99 heavy (non-hydrogen) atoms. The molecule has 0 aromatic rings. The topological polar surface area (TPSA) is 237 Å². The van der Waals surface area contributed by atoms with E-state index in [1.807, 2.05) is 0 Å². The molecular formula is C80H156O17P2. The number of aliphatic hydroxyl groups is 1. The minimum Gasteiger partial charge on any atom is -0.462 e. The number of aliphatic hydroxyl groups excluding tert-OH is 1.